The molecular weight excluding hydrogens is 292 g/mol. The Kier molecular flexibility index (Phi) is 5.31. The summed E-state index contributed by atoms with van der Waals surface area (Å²) in [5.74, 6) is 0.120. The number of aromatic nitrogens is 3. The third-order valence-electron chi connectivity index (χ3n) is 3.91. The maximum Gasteiger partial charge on any atom is 0.211 e. The molecule has 8 nitrogen and oxygen atoms in total. The third kappa shape index (κ3) is 4.22. The normalized spacial score (nSPS) is 24.0. The first-order valence-electron chi connectivity index (χ1n) is 7.15. The van der Waals surface area contributed by atoms with Crippen molar-refractivity contribution in [1.29, 1.82) is 0 Å². The van der Waals surface area contributed by atoms with Crippen molar-refractivity contribution >= 4 is 10.0 Å². The molecule has 1 aromatic heterocycles. The highest BCUT2D eigenvalue weighted by Gasteiger charge is 2.35. The molecule has 1 saturated heterocycles. The van der Waals surface area contributed by atoms with Crippen LogP contribution in [0.1, 0.15) is 13.0 Å². The second-order valence-corrected chi connectivity index (χ2v) is 7.63. The van der Waals surface area contributed by atoms with Crippen molar-refractivity contribution < 1.29 is 8.42 Å². The van der Waals surface area contributed by atoms with Crippen molar-refractivity contribution in [3.63, 3.8) is 0 Å². The highest BCUT2D eigenvalue weighted by atomic mass is 32.2. The minimum absolute atomic E-state index is 0.120. The molecule has 1 aliphatic rings. The summed E-state index contributed by atoms with van der Waals surface area (Å²) < 4.78 is 27.4. The van der Waals surface area contributed by atoms with Crippen LogP contribution in [0.5, 0.6) is 0 Å². The topological polar surface area (TPSA) is 83.4 Å². The second-order valence-electron chi connectivity index (χ2n) is 5.54. The molecule has 1 fully saturated rings. The molecule has 0 bridgehead atoms. The maximum absolute atomic E-state index is 11.4. The molecule has 0 saturated carbocycles. The quantitative estimate of drug-likeness (QED) is 0.695. The Hall–Kier alpha value is -1.03. The second kappa shape index (κ2) is 6.82. The first kappa shape index (κ1) is 16.3. The summed E-state index contributed by atoms with van der Waals surface area (Å²) in [6.07, 6.45) is 3.56. The van der Waals surface area contributed by atoms with E-state index in [2.05, 4.69) is 38.9 Å². The molecular formula is C12H24N6O2S. The lowest BCUT2D eigenvalue weighted by atomic mass is 10.1. The summed E-state index contributed by atoms with van der Waals surface area (Å²) in [6.45, 7) is 4.53. The van der Waals surface area contributed by atoms with E-state index in [1.54, 1.807) is 13.1 Å². The molecule has 1 aliphatic heterocycles. The lowest BCUT2D eigenvalue weighted by Gasteiger charge is -2.24. The van der Waals surface area contributed by atoms with E-state index >= 15 is 0 Å². The predicted molar refractivity (Wildman–Crippen MR) is 80.4 cm³/mol. The van der Waals surface area contributed by atoms with Gasteiger partial charge in [-0.25, -0.2) is 17.8 Å². The van der Waals surface area contributed by atoms with Crippen molar-refractivity contribution in [2.75, 3.05) is 46.0 Å². The molecule has 120 valence electrons. The number of likely N-dealkylation sites (N-methyl/N-ethyl adjacent to an activating group) is 1. The Morgan fingerprint density at radius 2 is 2.14 bits per heavy atom. The number of nitrogens with one attached hydrogen (secondary N) is 1. The Morgan fingerprint density at radius 1 is 1.38 bits per heavy atom. The lowest BCUT2D eigenvalue weighted by Crippen LogP contribution is -2.37. The van der Waals surface area contributed by atoms with Crippen molar-refractivity contribution in [2.45, 2.75) is 19.0 Å². The fourth-order valence-electron chi connectivity index (χ4n) is 2.65. The van der Waals surface area contributed by atoms with Crippen LogP contribution in [0.3, 0.4) is 0 Å². The molecule has 0 radical (unpaired) electrons. The van der Waals surface area contributed by atoms with Crippen LogP contribution in [0.2, 0.25) is 0 Å². The van der Waals surface area contributed by atoms with Gasteiger partial charge in [0.05, 0.1) is 18.0 Å². The fourth-order valence-corrected chi connectivity index (χ4v) is 3.26. The molecule has 2 atom stereocenters. The van der Waals surface area contributed by atoms with Gasteiger partial charge in [-0.15, -0.1) is 5.10 Å². The van der Waals surface area contributed by atoms with E-state index in [1.807, 2.05) is 10.9 Å². The largest absolute Gasteiger partial charge is 0.303 e. The number of sulfonamides is 1. The highest BCUT2D eigenvalue weighted by Crippen LogP contribution is 2.23. The molecule has 0 unspecified atom stereocenters. The van der Waals surface area contributed by atoms with Gasteiger partial charge < -0.3 is 4.90 Å². The SMILES string of the molecule is CCS(=O)(=O)NCCN1C[C@@H](N(C)C)[C@@H](n2ccnn2)C1. The summed E-state index contributed by atoms with van der Waals surface area (Å²) in [4.78, 5) is 4.44. The first-order valence-corrected chi connectivity index (χ1v) is 8.80. The number of rotatable bonds is 7. The maximum atomic E-state index is 11.4. The molecule has 1 N–H and O–H groups in total. The lowest BCUT2D eigenvalue weighted by molar-refractivity contribution is 0.238. The Morgan fingerprint density at radius 3 is 2.71 bits per heavy atom. The Bertz CT molecular complexity index is 530. The van der Waals surface area contributed by atoms with Gasteiger partial charge in [0.1, 0.15) is 0 Å². The molecule has 2 heterocycles. The Balaban J connectivity index is 1.92. The van der Waals surface area contributed by atoms with Crippen molar-refractivity contribution in [3.8, 4) is 0 Å². The van der Waals surface area contributed by atoms with Crippen molar-refractivity contribution in [2.24, 2.45) is 0 Å². The molecule has 0 aliphatic carbocycles. The van der Waals surface area contributed by atoms with Crippen LogP contribution in [-0.2, 0) is 10.0 Å². The van der Waals surface area contributed by atoms with E-state index in [0.29, 0.717) is 19.1 Å². The molecule has 0 aromatic carbocycles. The van der Waals surface area contributed by atoms with Crippen LogP contribution < -0.4 is 4.72 Å². The van der Waals surface area contributed by atoms with Crippen molar-refractivity contribution in [3.05, 3.63) is 12.4 Å². The Labute approximate surface area is 126 Å². The molecule has 0 amide bonds. The van der Waals surface area contributed by atoms with E-state index in [4.69, 9.17) is 0 Å². The molecule has 9 heteroatoms. The van der Waals surface area contributed by atoms with E-state index < -0.39 is 10.0 Å². The van der Waals surface area contributed by atoms with E-state index in [-0.39, 0.29) is 11.8 Å². The smallest absolute Gasteiger partial charge is 0.211 e. The summed E-state index contributed by atoms with van der Waals surface area (Å²) in [7, 11) is 0.994. The van der Waals surface area contributed by atoms with Crippen LogP contribution in [0, 0.1) is 0 Å². The van der Waals surface area contributed by atoms with Crippen LogP contribution in [0.4, 0.5) is 0 Å². The number of nitrogens with zero attached hydrogens (tertiary/aromatic N) is 5. The monoisotopic (exact) mass is 316 g/mol. The van der Waals surface area contributed by atoms with Crippen LogP contribution in [-0.4, -0.2) is 85.3 Å². The van der Waals surface area contributed by atoms with E-state index in [9.17, 15) is 8.42 Å². The summed E-state index contributed by atoms with van der Waals surface area (Å²) in [5, 5.41) is 7.98. The number of likely N-dealkylation sites (tertiary alicyclic amines) is 1. The van der Waals surface area contributed by atoms with Gasteiger partial charge in [0, 0.05) is 38.4 Å². The fraction of sp³-hybridized carbons (Fsp3) is 0.833. The van der Waals surface area contributed by atoms with Gasteiger partial charge >= 0.3 is 0 Å². The van der Waals surface area contributed by atoms with Gasteiger partial charge in [0.15, 0.2) is 0 Å². The third-order valence-corrected chi connectivity index (χ3v) is 5.31. The average molecular weight is 316 g/mol. The zero-order valence-electron chi connectivity index (χ0n) is 12.8. The van der Waals surface area contributed by atoms with Crippen LogP contribution in [0.25, 0.3) is 0 Å². The average Bonchev–Trinajstić information content (AvgIpc) is 3.06. The molecule has 2 rings (SSSR count). The first-order chi connectivity index (χ1) is 9.93. The van der Waals surface area contributed by atoms with E-state index in [1.165, 1.54) is 0 Å². The van der Waals surface area contributed by atoms with Gasteiger partial charge in [-0.05, 0) is 21.0 Å². The summed E-state index contributed by atoms with van der Waals surface area (Å²) >= 11 is 0. The highest BCUT2D eigenvalue weighted by molar-refractivity contribution is 7.89. The summed E-state index contributed by atoms with van der Waals surface area (Å²) in [5.41, 5.74) is 0. The van der Waals surface area contributed by atoms with Gasteiger partial charge in [-0.3, -0.25) is 4.90 Å². The zero-order chi connectivity index (χ0) is 15.5. The van der Waals surface area contributed by atoms with Crippen LogP contribution in [0.15, 0.2) is 12.4 Å². The molecule has 0 spiro atoms. The zero-order valence-corrected chi connectivity index (χ0v) is 13.6. The van der Waals surface area contributed by atoms with Gasteiger partial charge in [-0.1, -0.05) is 5.21 Å². The molecule has 1 aromatic rings. The summed E-state index contributed by atoms with van der Waals surface area (Å²) in [6, 6.07) is 0.583. The standard InChI is InChI=1S/C12H24N6O2S/c1-4-21(19,20)14-6-7-17-9-11(16(2)3)12(10-17)18-8-5-13-15-18/h5,8,11-12,14H,4,6-7,9-10H2,1-3H3/t11-,12+/m1/s1. The predicted octanol–water partition coefficient (Wildman–Crippen LogP) is -0.996. The van der Waals surface area contributed by atoms with Gasteiger partial charge in [0.25, 0.3) is 0 Å². The van der Waals surface area contributed by atoms with E-state index in [0.717, 1.165) is 13.1 Å². The minimum Gasteiger partial charge on any atom is -0.303 e. The molecule has 21 heavy (non-hydrogen) atoms. The van der Waals surface area contributed by atoms with Gasteiger partial charge in [-0.2, -0.15) is 0 Å². The number of hydrogen-bond acceptors (Lipinski definition) is 6. The van der Waals surface area contributed by atoms with Crippen molar-refractivity contribution in [1.82, 2.24) is 29.5 Å². The number of hydrogen-bond donors (Lipinski definition) is 1. The minimum atomic E-state index is -3.11. The van der Waals surface area contributed by atoms with Crippen LogP contribution >= 0.6 is 0 Å². The van der Waals surface area contributed by atoms with Gasteiger partial charge in [0.2, 0.25) is 10.0 Å².